The quantitative estimate of drug-likeness (QED) is 0.217. The molecule has 7 heteroatoms. The predicted octanol–water partition coefficient (Wildman–Crippen LogP) is 5.83. The first-order valence-electron chi connectivity index (χ1n) is 8.20. The third-order valence-electron chi connectivity index (χ3n) is 4.31. The van der Waals surface area contributed by atoms with Gasteiger partial charge in [-0.2, -0.15) is 0 Å². The average Bonchev–Trinajstić information content (AvgIpc) is 2.69. The molecule has 3 aromatic rings. The standard InChI is InChI=1S/C21H17ClNOPS.2Na.2H/c1-23-20-8-4-2-6-17(20)19(18-7-3-5-9-21(18)23)14-24-25-26-16-12-10-15(22)11-13-16;;;;/h2-14,25H,1H3;;;;. The van der Waals surface area contributed by atoms with E-state index in [-0.39, 0.29) is 67.1 Å². The number of hydrogen-bond donors (Lipinski definition) is 0. The van der Waals surface area contributed by atoms with Crippen LogP contribution in [0, 0.1) is 0 Å². The summed E-state index contributed by atoms with van der Waals surface area (Å²) in [5.74, 6) is 0. The van der Waals surface area contributed by atoms with Crippen LogP contribution in [0.4, 0.5) is 11.4 Å². The summed E-state index contributed by atoms with van der Waals surface area (Å²) < 4.78 is 5.93. The van der Waals surface area contributed by atoms with Gasteiger partial charge in [0.2, 0.25) is 0 Å². The van der Waals surface area contributed by atoms with Gasteiger partial charge in [-0.3, -0.25) is 0 Å². The molecule has 1 aliphatic heterocycles. The minimum absolute atomic E-state index is 0. The molecule has 0 saturated heterocycles. The van der Waals surface area contributed by atoms with Gasteiger partial charge in [-0.15, -0.1) is 0 Å². The molecule has 0 saturated carbocycles. The zero-order chi connectivity index (χ0) is 17.9. The molecular formula is C21H19ClNNa2OPS. The van der Waals surface area contributed by atoms with Crippen LogP contribution in [0.5, 0.6) is 0 Å². The second-order valence-electron chi connectivity index (χ2n) is 5.88. The molecule has 0 amide bonds. The van der Waals surface area contributed by atoms with Gasteiger partial charge in [0.25, 0.3) is 0 Å². The Bertz CT molecular complexity index is 919. The number of nitrogens with zero attached hydrogens (tertiary/aromatic N) is 1. The van der Waals surface area contributed by atoms with Crippen LogP contribution in [0.1, 0.15) is 11.1 Å². The van der Waals surface area contributed by atoms with Crippen molar-refractivity contribution in [2.75, 3.05) is 11.9 Å². The van der Waals surface area contributed by atoms with Gasteiger partial charge in [-0.25, -0.2) is 0 Å². The Morgan fingerprint density at radius 3 is 1.96 bits per heavy atom. The summed E-state index contributed by atoms with van der Waals surface area (Å²) in [6.45, 7) is 0. The fraction of sp³-hybridized carbons (Fsp3) is 0.0476. The molecule has 3 aromatic carbocycles. The molecule has 0 aliphatic carbocycles. The molecule has 2 nitrogen and oxygen atoms in total. The van der Waals surface area contributed by atoms with Crippen molar-refractivity contribution >= 4 is 107 Å². The van der Waals surface area contributed by atoms with Crippen molar-refractivity contribution in [1.29, 1.82) is 0 Å². The van der Waals surface area contributed by atoms with Crippen molar-refractivity contribution in [3.63, 3.8) is 0 Å². The van der Waals surface area contributed by atoms with Gasteiger partial charge < -0.3 is 9.42 Å². The molecule has 0 bridgehead atoms. The van der Waals surface area contributed by atoms with Crippen LogP contribution < -0.4 is 4.90 Å². The zero-order valence-corrected chi connectivity index (χ0v) is 16.7. The normalized spacial score (nSPS) is 11.9. The third kappa shape index (κ3) is 5.40. The number of halogens is 1. The monoisotopic (exact) mass is 445 g/mol. The number of anilines is 2. The molecule has 28 heavy (non-hydrogen) atoms. The maximum absolute atomic E-state index is 5.93. The number of para-hydroxylation sites is 2. The molecule has 0 radical (unpaired) electrons. The molecule has 1 unspecified atom stereocenters. The van der Waals surface area contributed by atoms with Gasteiger partial charge in [0.15, 0.2) is 0 Å². The summed E-state index contributed by atoms with van der Waals surface area (Å²) in [6, 6.07) is 24.7. The summed E-state index contributed by atoms with van der Waals surface area (Å²) in [5, 5.41) is 0.750. The van der Waals surface area contributed by atoms with Gasteiger partial charge in [0, 0.05) is 45.0 Å². The van der Waals surface area contributed by atoms with E-state index in [2.05, 4.69) is 60.5 Å². The molecule has 1 heterocycles. The molecule has 1 aliphatic rings. The number of fused-ring (bicyclic) bond motifs is 2. The molecule has 0 fully saturated rings. The van der Waals surface area contributed by atoms with Crippen molar-refractivity contribution < 1.29 is 4.52 Å². The molecule has 134 valence electrons. The van der Waals surface area contributed by atoms with E-state index in [1.54, 1.807) is 11.4 Å². The van der Waals surface area contributed by atoms with Crippen LogP contribution in [-0.4, -0.2) is 66.2 Å². The second kappa shape index (κ2) is 11.5. The Balaban J connectivity index is 0.00000140. The molecule has 0 aromatic heterocycles. The Morgan fingerprint density at radius 1 is 0.857 bits per heavy atom. The van der Waals surface area contributed by atoms with E-state index in [1.807, 2.05) is 30.5 Å². The van der Waals surface area contributed by atoms with E-state index in [0.29, 0.717) is 0 Å². The number of benzene rings is 3. The molecule has 1 atom stereocenters. The van der Waals surface area contributed by atoms with E-state index in [4.69, 9.17) is 16.1 Å². The third-order valence-corrected chi connectivity index (χ3v) is 6.61. The van der Waals surface area contributed by atoms with E-state index in [0.717, 1.165) is 15.5 Å². The Kier molecular flexibility index (Phi) is 9.96. The summed E-state index contributed by atoms with van der Waals surface area (Å²) in [5.41, 5.74) is 5.88. The van der Waals surface area contributed by atoms with Crippen LogP contribution in [0.15, 0.2) is 84.0 Å². The predicted molar refractivity (Wildman–Crippen MR) is 129 cm³/mol. The van der Waals surface area contributed by atoms with E-state index < -0.39 is 0 Å². The van der Waals surface area contributed by atoms with Crippen LogP contribution >= 0.6 is 31.0 Å². The van der Waals surface area contributed by atoms with Crippen LogP contribution in [0.2, 0.25) is 5.02 Å². The minimum atomic E-state index is 0. The van der Waals surface area contributed by atoms with Crippen LogP contribution in [0.3, 0.4) is 0 Å². The van der Waals surface area contributed by atoms with Crippen molar-refractivity contribution in [1.82, 2.24) is 0 Å². The first kappa shape index (κ1) is 24.3. The molecule has 0 spiro atoms. The fourth-order valence-corrected chi connectivity index (χ4v) is 4.74. The Hall–Kier alpha value is 0.0700. The SMILES string of the molecule is CN1c2ccccc2C(=COPSc2ccc(Cl)cc2)c2ccccc21.[NaH].[NaH]. The summed E-state index contributed by atoms with van der Waals surface area (Å²) >= 11 is 7.60. The summed E-state index contributed by atoms with van der Waals surface area (Å²) in [6.07, 6.45) is 1.89. The zero-order valence-electron chi connectivity index (χ0n) is 14.1. The van der Waals surface area contributed by atoms with Gasteiger partial charge >= 0.3 is 59.1 Å². The van der Waals surface area contributed by atoms with Gasteiger partial charge in [0.05, 0.1) is 6.26 Å². The Morgan fingerprint density at radius 2 is 1.39 bits per heavy atom. The van der Waals surface area contributed by atoms with E-state index in [1.165, 1.54) is 22.5 Å². The van der Waals surface area contributed by atoms with Gasteiger partial charge in [-0.1, -0.05) is 59.4 Å². The van der Waals surface area contributed by atoms with Crippen molar-refractivity contribution in [2.24, 2.45) is 0 Å². The first-order chi connectivity index (χ1) is 12.7. The summed E-state index contributed by atoms with van der Waals surface area (Å²) in [7, 11) is 2.39. The van der Waals surface area contributed by atoms with Crippen LogP contribution in [0.25, 0.3) is 5.57 Å². The van der Waals surface area contributed by atoms with Gasteiger partial charge in [-0.05, 0) is 36.4 Å². The topological polar surface area (TPSA) is 12.5 Å². The van der Waals surface area contributed by atoms with Crippen molar-refractivity contribution in [3.8, 4) is 0 Å². The number of hydrogen-bond acceptors (Lipinski definition) is 3. The molecule has 0 N–H and O–H groups in total. The second-order valence-corrected chi connectivity index (χ2v) is 8.51. The van der Waals surface area contributed by atoms with E-state index in [9.17, 15) is 0 Å². The fourth-order valence-electron chi connectivity index (χ4n) is 3.05. The van der Waals surface area contributed by atoms with Crippen LogP contribution in [-0.2, 0) is 4.52 Å². The summed E-state index contributed by atoms with van der Waals surface area (Å²) in [4.78, 5) is 3.38. The number of rotatable bonds is 4. The van der Waals surface area contributed by atoms with Gasteiger partial charge in [0.1, 0.15) is 8.01 Å². The van der Waals surface area contributed by atoms with Crippen molar-refractivity contribution in [3.05, 3.63) is 95.2 Å². The Labute approximate surface area is 221 Å². The first-order valence-corrected chi connectivity index (χ1v) is 11.0. The average molecular weight is 446 g/mol. The molecular weight excluding hydrogens is 427 g/mol. The van der Waals surface area contributed by atoms with E-state index >= 15 is 0 Å². The molecule has 4 rings (SSSR count). The van der Waals surface area contributed by atoms with Crippen molar-refractivity contribution in [2.45, 2.75) is 4.90 Å². The maximum atomic E-state index is 5.93.